The highest BCUT2D eigenvalue weighted by Crippen LogP contribution is 2.51. The third kappa shape index (κ3) is 8.67. The summed E-state index contributed by atoms with van der Waals surface area (Å²) in [6.45, 7) is 1.90. The van der Waals surface area contributed by atoms with Crippen molar-refractivity contribution in [1.29, 1.82) is 0 Å². The largest absolute Gasteiger partial charge is 0.507 e. The van der Waals surface area contributed by atoms with Crippen molar-refractivity contribution in [2.75, 3.05) is 60.3 Å². The number of aliphatic hydroxyl groups excluding tert-OH is 3. The second-order valence-corrected chi connectivity index (χ2v) is 13.1. The van der Waals surface area contributed by atoms with Crippen molar-refractivity contribution in [2.24, 2.45) is 5.92 Å². The molecule has 7 atom stereocenters. The Bertz CT molecular complexity index is 1790. The molecule has 0 spiro atoms. The lowest BCUT2D eigenvalue weighted by molar-refractivity contribution is -0.257. The van der Waals surface area contributed by atoms with Crippen molar-refractivity contribution in [3.05, 3.63) is 51.6 Å². The first-order valence-electron chi connectivity index (χ1n) is 17.7. The van der Waals surface area contributed by atoms with Crippen molar-refractivity contribution in [3.8, 4) is 17.2 Å². The monoisotopic (exact) mass is 774 g/mol. The standard InChI is InChI=1S/C36H46N4O15/c1-16-28(43)20(40-36(50)39-8-10-53-12-11-52-9-7-38-35(49)37-2)14-23(54-16)55-34-25-19(13-18(31(34)46)21(42)15-41)30(45)26-27(33(25)48)32(47)24-17(29(26)44)5-4-6-22(24)51-3/h4-6,16,18,20,23,28,31,34,41,43,45-46,48H,7-15H2,1-3H3,(H2,37,38,49)(H2,39,40,50)/t16-,18+,20?,23?,28+,31+,34?/m1/s1. The van der Waals surface area contributed by atoms with Gasteiger partial charge < -0.3 is 70.5 Å². The van der Waals surface area contributed by atoms with Gasteiger partial charge in [-0.2, -0.15) is 0 Å². The number of phenols is 2. The first-order valence-corrected chi connectivity index (χ1v) is 17.7. The molecule has 0 radical (unpaired) electrons. The number of rotatable bonds is 15. The molecule has 3 aliphatic rings. The average Bonchev–Trinajstić information content (AvgIpc) is 3.17. The molecule has 2 aromatic rings. The average molecular weight is 775 g/mol. The minimum atomic E-state index is -1.75. The number of methoxy groups -OCH3 is 1. The van der Waals surface area contributed by atoms with E-state index < -0.39 is 102 Å². The Kier molecular flexibility index (Phi) is 13.6. The number of amides is 4. The highest BCUT2D eigenvalue weighted by Gasteiger charge is 2.49. The van der Waals surface area contributed by atoms with E-state index in [0.29, 0.717) is 13.2 Å². The second kappa shape index (κ2) is 18.2. The third-order valence-corrected chi connectivity index (χ3v) is 9.75. The number of phenolic OH excluding ortho intramolecular Hbond substituents is 2. The summed E-state index contributed by atoms with van der Waals surface area (Å²) in [5.41, 5.74) is -1.71. The molecule has 3 unspecified atom stereocenters. The Labute approximate surface area is 315 Å². The number of ether oxygens (including phenoxy) is 5. The number of carbonyl (C=O) groups excluding carboxylic acids is 5. The summed E-state index contributed by atoms with van der Waals surface area (Å²) in [5, 5.41) is 65.6. The summed E-state index contributed by atoms with van der Waals surface area (Å²) in [4.78, 5) is 64.3. The highest BCUT2D eigenvalue weighted by molar-refractivity contribution is 6.31. The SMILES string of the molecule is CNC(=O)NCCOCCOCCNC(=O)NC1CC(OC2c3c(O)c4c(c(O)c3C[C@@H](C(=O)CO)[C@@H]2O)C(=O)c2cccc(OC)c2C4=O)O[C@H](C)[C@@H]1O. The first-order chi connectivity index (χ1) is 26.3. The maximum absolute atomic E-state index is 13.9. The van der Waals surface area contributed by atoms with E-state index in [1.807, 2.05) is 0 Å². The van der Waals surface area contributed by atoms with Crippen LogP contribution in [0.25, 0.3) is 0 Å². The van der Waals surface area contributed by atoms with E-state index in [1.165, 1.54) is 39.3 Å². The van der Waals surface area contributed by atoms with Crippen molar-refractivity contribution in [1.82, 2.24) is 21.3 Å². The molecule has 55 heavy (non-hydrogen) atoms. The van der Waals surface area contributed by atoms with Gasteiger partial charge in [-0.1, -0.05) is 12.1 Å². The minimum Gasteiger partial charge on any atom is -0.507 e. The van der Waals surface area contributed by atoms with Crippen LogP contribution in [0.3, 0.4) is 0 Å². The Hall–Kier alpha value is -4.89. The zero-order valence-electron chi connectivity index (χ0n) is 30.5. The van der Waals surface area contributed by atoms with Crippen LogP contribution < -0.4 is 26.0 Å². The Morgan fingerprint density at radius 1 is 0.891 bits per heavy atom. The summed E-state index contributed by atoms with van der Waals surface area (Å²) >= 11 is 0. The molecule has 19 heteroatoms. The Morgan fingerprint density at radius 2 is 1.55 bits per heavy atom. The predicted molar refractivity (Wildman–Crippen MR) is 188 cm³/mol. The molecule has 1 saturated heterocycles. The lowest BCUT2D eigenvalue weighted by Gasteiger charge is -2.42. The van der Waals surface area contributed by atoms with Crippen LogP contribution in [-0.2, 0) is 30.2 Å². The van der Waals surface area contributed by atoms with Gasteiger partial charge in [0, 0.05) is 43.2 Å². The van der Waals surface area contributed by atoms with Gasteiger partial charge >= 0.3 is 12.1 Å². The van der Waals surface area contributed by atoms with Gasteiger partial charge in [0.1, 0.15) is 36.1 Å². The number of carbonyl (C=O) groups is 5. The molecule has 2 aromatic carbocycles. The number of hydrogen-bond donors (Lipinski definition) is 9. The quantitative estimate of drug-likeness (QED) is 0.0673. The van der Waals surface area contributed by atoms with Crippen molar-refractivity contribution in [2.45, 2.75) is 56.5 Å². The summed E-state index contributed by atoms with van der Waals surface area (Å²) in [6, 6.07) is 2.38. The molecule has 9 N–H and O–H groups in total. The topological polar surface area (TPSA) is 281 Å². The number of nitrogens with one attached hydrogen (secondary N) is 4. The first kappa shape index (κ1) is 41.3. The molecule has 4 amide bonds. The molecule has 19 nitrogen and oxygen atoms in total. The number of aromatic hydroxyl groups is 2. The fourth-order valence-electron chi connectivity index (χ4n) is 6.97. The van der Waals surface area contributed by atoms with E-state index in [0.717, 1.165) is 0 Å². The zero-order valence-corrected chi connectivity index (χ0v) is 30.5. The number of Topliss-reactive ketones (excluding diaryl/α,β-unsaturated/α-hetero) is 1. The van der Waals surface area contributed by atoms with Crippen molar-refractivity contribution >= 4 is 29.4 Å². The summed E-state index contributed by atoms with van der Waals surface area (Å²) in [6.07, 6.45) is -7.50. The number of benzene rings is 2. The van der Waals surface area contributed by atoms with Crippen LogP contribution in [0.15, 0.2) is 18.2 Å². The van der Waals surface area contributed by atoms with Gasteiger partial charge in [-0.25, -0.2) is 9.59 Å². The van der Waals surface area contributed by atoms with Crippen molar-refractivity contribution in [3.63, 3.8) is 0 Å². The van der Waals surface area contributed by atoms with Gasteiger partial charge in [0.2, 0.25) is 5.78 Å². The van der Waals surface area contributed by atoms with Crippen molar-refractivity contribution < 1.29 is 73.2 Å². The summed E-state index contributed by atoms with van der Waals surface area (Å²) < 4.78 is 28.1. The number of urea groups is 2. The van der Waals surface area contributed by atoms with Crippen LogP contribution >= 0.6 is 0 Å². The second-order valence-electron chi connectivity index (χ2n) is 13.1. The van der Waals surface area contributed by atoms with E-state index in [2.05, 4.69) is 21.3 Å². The van der Waals surface area contributed by atoms with E-state index in [-0.39, 0.29) is 66.8 Å². The number of hydrogen-bond acceptors (Lipinski definition) is 15. The molecule has 0 saturated carbocycles. The van der Waals surface area contributed by atoms with Crippen LogP contribution in [0.5, 0.6) is 17.2 Å². The van der Waals surface area contributed by atoms with Gasteiger partial charge in [0.05, 0.1) is 74.4 Å². The Morgan fingerprint density at radius 3 is 2.18 bits per heavy atom. The van der Waals surface area contributed by atoms with Gasteiger partial charge in [0.15, 0.2) is 17.9 Å². The zero-order chi connectivity index (χ0) is 40.0. The third-order valence-electron chi connectivity index (χ3n) is 9.75. The van der Waals surface area contributed by atoms with Gasteiger partial charge in [-0.15, -0.1) is 0 Å². The highest BCUT2D eigenvalue weighted by atomic mass is 16.7. The smallest absolute Gasteiger partial charge is 0.315 e. The van der Waals surface area contributed by atoms with Gasteiger partial charge in [0.25, 0.3) is 0 Å². The lowest BCUT2D eigenvalue weighted by atomic mass is 9.72. The van der Waals surface area contributed by atoms with Crippen LogP contribution in [-0.4, -0.2) is 146 Å². The molecule has 1 fully saturated rings. The molecule has 1 heterocycles. The molecule has 2 aliphatic carbocycles. The van der Waals surface area contributed by atoms with E-state index >= 15 is 0 Å². The maximum Gasteiger partial charge on any atom is 0.315 e. The van der Waals surface area contributed by atoms with Crippen LogP contribution in [0, 0.1) is 5.92 Å². The minimum absolute atomic E-state index is 0.0487. The molecule has 0 aromatic heterocycles. The van der Waals surface area contributed by atoms with Crippen LogP contribution in [0.4, 0.5) is 9.59 Å². The number of ketones is 3. The molecule has 300 valence electrons. The summed E-state index contributed by atoms with van der Waals surface area (Å²) in [5.74, 6) is -5.26. The molecule has 1 aliphatic heterocycles. The normalized spacial score (nSPS) is 24.2. The molecule has 5 rings (SSSR count). The fraction of sp³-hybridized carbons (Fsp3) is 0.528. The molecule has 0 bridgehead atoms. The van der Waals surface area contributed by atoms with E-state index in [9.17, 15) is 49.5 Å². The fourth-order valence-corrected chi connectivity index (χ4v) is 6.97. The van der Waals surface area contributed by atoms with Crippen LogP contribution in [0.1, 0.15) is 62.4 Å². The lowest BCUT2D eigenvalue weighted by Crippen LogP contribution is -2.57. The Balaban J connectivity index is 1.30. The summed E-state index contributed by atoms with van der Waals surface area (Å²) in [7, 11) is 2.80. The van der Waals surface area contributed by atoms with Crippen LogP contribution in [0.2, 0.25) is 0 Å². The number of aliphatic hydroxyl groups is 3. The maximum atomic E-state index is 13.9. The number of fused-ring (bicyclic) bond motifs is 3. The van der Waals surface area contributed by atoms with E-state index in [4.69, 9.17) is 23.7 Å². The van der Waals surface area contributed by atoms with E-state index in [1.54, 1.807) is 0 Å². The predicted octanol–water partition coefficient (Wildman–Crippen LogP) is -0.840. The van der Waals surface area contributed by atoms with Gasteiger partial charge in [-0.05, 0) is 19.4 Å². The molecular formula is C36H46N4O15. The molecular weight excluding hydrogens is 728 g/mol. The van der Waals surface area contributed by atoms with Gasteiger partial charge in [-0.3, -0.25) is 14.4 Å².